The number of guanidine groups is 1. The van der Waals surface area contributed by atoms with Crippen LogP contribution in [0.5, 0.6) is 0 Å². The first kappa shape index (κ1) is 20.4. The first-order chi connectivity index (χ1) is 13.6. The molecule has 1 amide bonds. The average Bonchev–Trinajstić information content (AvgIpc) is 3.51. The van der Waals surface area contributed by atoms with Gasteiger partial charge in [0.25, 0.3) is 5.91 Å². The highest BCUT2D eigenvalue weighted by atomic mass is 79.9. The fourth-order valence-electron chi connectivity index (χ4n) is 3.30. The normalized spacial score (nSPS) is 15.0. The van der Waals surface area contributed by atoms with E-state index in [1.807, 2.05) is 24.3 Å². The van der Waals surface area contributed by atoms with Crippen molar-refractivity contribution in [1.82, 2.24) is 16.0 Å². The second-order valence-electron chi connectivity index (χ2n) is 7.09. The van der Waals surface area contributed by atoms with Gasteiger partial charge in [-0.3, -0.25) is 4.79 Å². The fourth-order valence-corrected chi connectivity index (χ4v) is 4.01. The molecular weight excluding hydrogens is 416 g/mol. The molecule has 1 aliphatic carbocycles. The van der Waals surface area contributed by atoms with E-state index in [0.717, 1.165) is 24.6 Å². The number of nitrogens with zero attached hydrogens (tertiary/aromatic N) is 1. The molecule has 0 atom stereocenters. The summed E-state index contributed by atoms with van der Waals surface area (Å²) in [5.41, 5.74) is 3.19. The number of benzene rings is 2. The Morgan fingerprint density at radius 1 is 1.14 bits per heavy atom. The first-order valence-electron chi connectivity index (χ1n) is 9.66. The van der Waals surface area contributed by atoms with Gasteiger partial charge in [-0.2, -0.15) is 0 Å². The molecule has 2 aromatic rings. The molecule has 1 saturated carbocycles. The quantitative estimate of drug-likeness (QED) is 0.453. The standard InChI is InChI=1S/C22H27BrN4O/c1-3-25-21(26-14-16-7-6-8-17(13-16)20(28)24-2)27-15-22(11-12-22)18-9-4-5-10-19(18)23/h4-10,13H,3,11-12,14-15H2,1-2H3,(H,24,28)(H2,25,26,27). The maximum atomic E-state index is 11.8. The molecular formula is C22H27BrN4O. The maximum Gasteiger partial charge on any atom is 0.251 e. The van der Waals surface area contributed by atoms with Crippen molar-refractivity contribution in [3.8, 4) is 0 Å². The van der Waals surface area contributed by atoms with E-state index in [9.17, 15) is 4.79 Å². The van der Waals surface area contributed by atoms with E-state index >= 15 is 0 Å². The van der Waals surface area contributed by atoms with Crippen LogP contribution in [0.2, 0.25) is 0 Å². The third kappa shape index (κ3) is 4.93. The zero-order valence-corrected chi connectivity index (χ0v) is 18.0. The predicted octanol–water partition coefficient (Wildman–Crippen LogP) is 3.60. The minimum absolute atomic E-state index is 0.0834. The van der Waals surface area contributed by atoms with E-state index in [1.54, 1.807) is 7.05 Å². The lowest BCUT2D eigenvalue weighted by molar-refractivity contribution is 0.0963. The molecule has 2 aromatic carbocycles. The number of carbonyl (C=O) groups is 1. The van der Waals surface area contributed by atoms with Crippen molar-refractivity contribution in [2.24, 2.45) is 4.99 Å². The first-order valence-corrected chi connectivity index (χ1v) is 10.5. The molecule has 6 heteroatoms. The van der Waals surface area contributed by atoms with Crippen molar-refractivity contribution >= 4 is 27.8 Å². The summed E-state index contributed by atoms with van der Waals surface area (Å²) in [4.78, 5) is 16.5. The molecule has 1 fully saturated rings. The van der Waals surface area contributed by atoms with Crippen LogP contribution in [0.4, 0.5) is 0 Å². The molecule has 5 nitrogen and oxygen atoms in total. The Bertz CT molecular complexity index is 861. The largest absolute Gasteiger partial charge is 0.357 e. The van der Waals surface area contributed by atoms with Crippen molar-refractivity contribution < 1.29 is 4.79 Å². The second-order valence-corrected chi connectivity index (χ2v) is 7.94. The molecule has 0 spiro atoms. The van der Waals surface area contributed by atoms with Gasteiger partial charge in [-0.05, 0) is 49.1 Å². The van der Waals surface area contributed by atoms with Crippen LogP contribution in [-0.2, 0) is 12.0 Å². The summed E-state index contributed by atoms with van der Waals surface area (Å²) in [6, 6.07) is 16.0. The highest BCUT2D eigenvalue weighted by Crippen LogP contribution is 2.49. The molecule has 0 radical (unpaired) electrons. The van der Waals surface area contributed by atoms with Gasteiger partial charge in [0.1, 0.15) is 0 Å². The Kier molecular flexibility index (Phi) is 6.73. The number of amides is 1. The summed E-state index contributed by atoms with van der Waals surface area (Å²) in [7, 11) is 1.64. The lowest BCUT2D eigenvalue weighted by atomic mass is 9.96. The van der Waals surface area contributed by atoms with Gasteiger partial charge in [0.15, 0.2) is 5.96 Å². The summed E-state index contributed by atoms with van der Waals surface area (Å²) < 4.78 is 1.17. The molecule has 0 aliphatic heterocycles. The third-order valence-electron chi connectivity index (χ3n) is 5.07. The van der Waals surface area contributed by atoms with Crippen molar-refractivity contribution in [3.05, 3.63) is 69.7 Å². The maximum absolute atomic E-state index is 11.8. The van der Waals surface area contributed by atoms with Crippen LogP contribution in [0.3, 0.4) is 0 Å². The van der Waals surface area contributed by atoms with Gasteiger partial charge in [-0.25, -0.2) is 4.99 Å². The minimum Gasteiger partial charge on any atom is -0.357 e. The van der Waals surface area contributed by atoms with E-state index < -0.39 is 0 Å². The number of aliphatic imine (C=N–C) groups is 1. The molecule has 3 rings (SSSR count). The van der Waals surface area contributed by atoms with E-state index in [1.165, 1.54) is 22.9 Å². The van der Waals surface area contributed by atoms with E-state index in [-0.39, 0.29) is 11.3 Å². The molecule has 0 heterocycles. The number of carbonyl (C=O) groups excluding carboxylic acids is 1. The van der Waals surface area contributed by atoms with Crippen molar-refractivity contribution in [2.75, 3.05) is 20.1 Å². The number of hydrogen-bond donors (Lipinski definition) is 3. The van der Waals surface area contributed by atoms with Crippen LogP contribution in [-0.4, -0.2) is 32.0 Å². The van der Waals surface area contributed by atoms with Crippen LogP contribution >= 0.6 is 15.9 Å². The fraction of sp³-hybridized carbons (Fsp3) is 0.364. The number of halogens is 1. The monoisotopic (exact) mass is 442 g/mol. The zero-order chi connectivity index (χ0) is 20.0. The van der Waals surface area contributed by atoms with Crippen LogP contribution in [0, 0.1) is 0 Å². The average molecular weight is 443 g/mol. The smallest absolute Gasteiger partial charge is 0.251 e. The van der Waals surface area contributed by atoms with Gasteiger partial charge in [0.2, 0.25) is 0 Å². The van der Waals surface area contributed by atoms with Crippen LogP contribution < -0.4 is 16.0 Å². The molecule has 0 aromatic heterocycles. The summed E-state index contributed by atoms with van der Waals surface area (Å²) in [6.07, 6.45) is 2.35. The van der Waals surface area contributed by atoms with E-state index in [4.69, 9.17) is 4.99 Å². The Labute approximate surface area is 175 Å². The van der Waals surface area contributed by atoms with E-state index in [2.05, 4.69) is 63.1 Å². The summed E-state index contributed by atoms with van der Waals surface area (Å²) in [5, 5.41) is 9.48. The van der Waals surface area contributed by atoms with Crippen molar-refractivity contribution in [2.45, 2.75) is 31.7 Å². The SMILES string of the molecule is CCNC(=NCc1cccc(C(=O)NC)c1)NCC1(c2ccccc2Br)CC1. The van der Waals surface area contributed by atoms with Gasteiger partial charge < -0.3 is 16.0 Å². The number of hydrogen-bond acceptors (Lipinski definition) is 2. The summed E-state index contributed by atoms with van der Waals surface area (Å²) in [6.45, 7) is 4.22. The summed E-state index contributed by atoms with van der Waals surface area (Å²) >= 11 is 3.69. The molecule has 3 N–H and O–H groups in total. The van der Waals surface area contributed by atoms with E-state index in [0.29, 0.717) is 12.1 Å². The Balaban J connectivity index is 1.67. The lowest BCUT2D eigenvalue weighted by Gasteiger charge is -2.20. The summed E-state index contributed by atoms with van der Waals surface area (Å²) in [5.74, 6) is 0.714. The predicted molar refractivity (Wildman–Crippen MR) is 118 cm³/mol. The molecule has 28 heavy (non-hydrogen) atoms. The van der Waals surface area contributed by atoms with Gasteiger partial charge in [0.05, 0.1) is 6.54 Å². The third-order valence-corrected chi connectivity index (χ3v) is 5.76. The molecule has 0 saturated heterocycles. The lowest BCUT2D eigenvalue weighted by Crippen LogP contribution is -2.41. The van der Waals surface area contributed by atoms with Crippen molar-refractivity contribution in [3.63, 3.8) is 0 Å². The molecule has 148 valence electrons. The van der Waals surface area contributed by atoms with Crippen LogP contribution in [0.15, 0.2) is 58.0 Å². The van der Waals surface area contributed by atoms with Gasteiger partial charge >= 0.3 is 0 Å². The van der Waals surface area contributed by atoms with Gasteiger partial charge in [-0.15, -0.1) is 0 Å². The minimum atomic E-state index is -0.0834. The molecule has 0 unspecified atom stereocenters. The Morgan fingerprint density at radius 3 is 2.61 bits per heavy atom. The highest BCUT2D eigenvalue weighted by Gasteiger charge is 2.45. The van der Waals surface area contributed by atoms with Crippen LogP contribution in [0.25, 0.3) is 0 Å². The second kappa shape index (κ2) is 9.24. The highest BCUT2D eigenvalue weighted by molar-refractivity contribution is 9.10. The van der Waals surface area contributed by atoms with Crippen LogP contribution in [0.1, 0.15) is 41.3 Å². The molecule has 1 aliphatic rings. The van der Waals surface area contributed by atoms with Gasteiger partial charge in [0, 0.05) is 35.6 Å². The number of rotatable bonds is 7. The van der Waals surface area contributed by atoms with Gasteiger partial charge in [-0.1, -0.05) is 46.3 Å². The number of nitrogens with one attached hydrogen (secondary N) is 3. The Morgan fingerprint density at radius 2 is 1.93 bits per heavy atom. The zero-order valence-electron chi connectivity index (χ0n) is 16.4. The van der Waals surface area contributed by atoms with Crippen molar-refractivity contribution in [1.29, 1.82) is 0 Å². The topological polar surface area (TPSA) is 65.5 Å². The Hall–Kier alpha value is -2.34. The molecule has 0 bridgehead atoms.